The average Bonchev–Trinajstić information content (AvgIpc) is 2.40. The zero-order valence-electron chi connectivity index (χ0n) is 11.1. The minimum atomic E-state index is 0.0207. The maximum atomic E-state index is 12.1. The first-order valence-corrected chi connectivity index (χ1v) is 6.61. The van der Waals surface area contributed by atoms with Crippen LogP contribution in [0.5, 0.6) is 0 Å². The Morgan fingerprint density at radius 2 is 2.06 bits per heavy atom. The Bertz CT molecular complexity index is 411. The summed E-state index contributed by atoms with van der Waals surface area (Å²) in [4.78, 5) is 18.2. The Balaban J connectivity index is 2.01. The van der Waals surface area contributed by atoms with Gasteiger partial charge in [-0.3, -0.25) is 4.79 Å². The van der Waals surface area contributed by atoms with E-state index in [1.54, 1.807) is 12.3 Å². The summed E-state index contributed by atoms with van der Waals surface area (Å²) in [5.74, 6) is 0.832. The summed E-state index contributed by atoms with van der Waals surface area (Å²) >= 11 is 0. The number of rotatable bonds is 3. The minimum absolute atomic E-state index is 0.0207. The Morgan fingerprint density at radius 3 is 2.72 bits per heavy atom. The van der Waals surface area contributed by atoms with Gasteiger partial charge >= 0.3 is 0 Å². The second-order valence-electron chi connectivity index (χ2n) is 5.11. The predicted octanol–water partition coefficient (Wildman–Crippen LogP) is 2.21. The van der Waals surface area contributed by atoms with Gasteiger partial charge in [0, 0.05) is 31.9 Å². The molecule has 0 radical (unpaired) electrons. The number of hydrogen-bond acceptors (Lipinski definition) is 3. The van der Waals surface area contributed by atoms with Crippen molar-refractivity contribution in [2.24, 2.45) is 0 Å². The van der Waals surface area contributed by atoms with Crippen LogP contribution in [0.4, 0.5) is 5.82 Å². The molecule has 0 atom stereocenters. The third kappa shape index (κ3) is 3.22. The second kappa shape index (κ2) is 5.85. The fraction of sp³-hybridized carbons (Fsp3) is 0.571. The topological polar surface area (TPSA) is 45.2 Å². The molecule has 0 aromatic carbocycles. The van der Waals surface area contributed by atoms with Crippen LogP contribution in [0.25, 0.3) is 0 Å². The van der Waals surface area contributed by atoms with E-state index in [9.17, 15) is 4.79 Å². The molecule has 0 saturated heterocycles. The highest BCUT2D eigenvalue weighted by Gasteiger charge is 2.16. The zero-order chi connectivity index (χ0) is 13.0. The molecule has 1 aliphatic rings. The van der Waals surface area contributed by atoms with Crippen molar-refractivity contribution in [2.75, 3.05) is 19.0 Å². The molecule has 2 rings (SSSR count). The van der Waals surface area contributed by atoms with Crippen molar-refractivity contribution in [3.63, 3.8) is 0 Å². The summed E-state index contributed by atoms with van der Waals surface area (Å²) in [5, 5.41) is 3.12. The van der Waals surface area contributed by atoms with Crippen molar-refractivity contribution < 1.29 is 4.79 Å². The second-order valence-corrected chi connectivity index (χ2v) is 5.11. The van der Waals surface area contributed by atoms with Crippen molar-refractivity contribution in [1.82, 2.24) is 10.3 Å². The highest BCUT2D eigenvalue weighted by molar-refractivity contribution is 5.95. The molecule has 1 saturated carbocycles. The maximum Gasteiger partial charge on any atom is 0.251 e. The molecule has 1 aliphatic carbocycles. The lowest BCUT2D eigenvalue weighted by Gasteiger charge is -2.23. The Morgan fingerprint density at radius 1 is 1.33 bits per heavy atom. The molecule has 18 heavy (non-hydrogen) atoms. The lowest BCUT2D eigenvalue weighted by molar-refractivity contribution is 0.0927. The molecule has 1 amide bonds. The highest BCUT2D eigenvalue weighted by Crippen LogP contribution is 2.18. The average molecular weight is 247 g/mol. The van der Waals surface area contributed by atoms with Crippen LogP contribution in [0.3, 0.4) is 0 Å². The van der Waals surface area contributed by atoms with E-state index >= 15 is 0 Å². The minimum Gasteiger partial charge on any atom is -0.363 e. The molecule has 0 bridgehead atoms. The van der Waals surface area contributed by atoms with Crippen LogP contribution in [0.1, 0.15) is 42.5 Å². The van der Waals surface area contributed by atoms with E-state index in [0.717, 1.165) is 18.7 Å². The zero-order valence-corrected chi connectivity index (χ0v) is 11.1. The summed E-state index contributed by atoms with van der Waals surface area (Å²) in [6, 6.07) is 3.95. The monoisotopic (exact) mass is 247 g/mol. The van der Waals surface area contributed by atoms with Gasteiger partial charge in [-0.25, -0.2) is 4.98 Å². The molecule has 0 unspecified atom stereocenters. The molecule has 4 nitrogen and oxygen atoms in total. The van der Waals surface area contributed by atoms with E-state index < -0.39 is 0 Å². The largest absolute Gasteiger partial charge is 0.363 e. The first kappa shape index (κ1) is 12.9. The molecular weight excluding hydrogens is 226 g/mol. The number of carbonyl (C=O) groups excluding carboxylic acids is 1. The summed E-state index contributed by atoms with van der Waals surface area (Å²) in [7, 11) is 3.84. The highest BCUT2D eigenvalue weighted by atomic mass is 16.1. The standard InChI is InChI=1S/C14H21N3O/c1-17(2)13-10-11(8-9-15-13)14(18)16-12-6-4-3-5-7-12/h8-10,12H,3-7H2,1-2H3,(H,16,18). The first-order valence-electron chi connectivity index (χ1n) is 6.61. The Labute approximate surface area is 108 Å². The van der Waals surface area contributed by atoms with E-state index in [2.05, 4.69) is 10.3 Å². The van der Waals surface area contributed by atoms with Crippen LogP contribution in [0.2, 0.25) is 0 Å². The molecule has 4 heteroatoms. The normalized spacial score (nSPS) is 16.3. The number of nitrogens with zero attached hydrogens (tertiary/aromatic N) is 2. The number of carbonyl (C=O) groups is 1. The van der Waals surface area contributed by atoms with Gasteiger partial charge in [0.15, 0.2) is 0 Å². The number of hydrogen-bond donors (Lipinski definition) is 1. The predicted molar refractivity (Wildman–Crippen MR) is 72.9 cm³/mol. The van der Waals surface area contributed by atoms with Crippen LogP contribution in [-0.4, -0.2) is 31.0 Å². The third-order valence-electron chi connectivity index (χ3n) is 3.41. The number of anilines is 1. The van der Waals surface area contributed by atoms with Crippen LogP contribution in [0.15, 0.2) is 18.3 Å². The molecule has 1 fully saturated rings. The van der Waals surface area contributed by atoms with Gasteiger partial charge in [-0.2, -0.15) is 0 Å². The van der Waals surface area contributed by atoms with Crippen molar-refractivity contribution in [3.8, 4) is 0 Å². The fourth-order valence-corrected chi connectivity index (χ4v) is 2.32. The van der Waals surface area contributed by atoms with Crippen molar-refractivity contribution in [2.45, 2.75) is 38.1 Å². The van der Waals surface area contributed by atoms with Crippen LogP contribution in [-0.2, 0) is 0 Å². The summed E-state index contributed by atoms with van der Waals surface area (Å²) < 4.78 is 0. The Hall–Kier alpha value is -1.58. The van der Waals surface area contributed by atoms with Gasteiger partial charge in [-0.1, -0.05) is 19.3 Å². The van der Waals surface area contributed by atoms with Gasteiger partial charge in [-0.15, -0.1) is 0 Å². The van der Waals surface area contributed by atoms with Gasteiger partial charge in [0.2, 0.25) is 0 Å². The van der Waals surface area contributed by atoms with Gasteiger partial charge < -0.3 is 10.2 Å². The van der Waals surface area contributed by atoms with Crippen LogP contribution >= 0.6 is 0 Å². The molecular formula is C14H21N3O. The SMILES string of the molecule is CN(C)c1cc(C(=O)NC2CCCCC2)ccn1. The fourth-order valence-electron chi connectivity index (χ4n) is 2.32. The number of nitrogens with one attached hydrogen (secondary N) is 1. The van der Waals surface area contributed by atoms with Crippen LogP contribution in [0, 0.1) is 0 Å². The van der Waals surface area contributed by atoms with Crippen LogP contribution < -0.4 is 10.2 Å². The number of aromatic nitrogens is 1. The summed E-state index contributed by atoms with van der Waals surface area (Å²) in [6.07, 6.45) is 7.65. The van der Waals surface area contributed by atoms with E-state index in [-0.39, 0.29) is 5.91 Å². The van der Waals surface area contributed by atoms with E-state index in [0.29, 0.717) is 11.6 Å². The van der Waals surface area contributed by atoms with Crippen molar-refractivity contribution in [1.29, 1.82) is 0 Å². The van der Waals surface area contributed by atoms with Gasteiger partial charge in [-0.05, 0) is 25.0 Å². The molecule has 0 spiro atoms. The van der Waals surface area contributed by atoms with E-state index in [1.807, 2.05) is 25.1 Å². The van der Waals surface area contributed by atoms with Crippen molar-refractivity contribution >= 4 is 11.7 Å². The van der Waals surface area contributed by atoms with Crippen molar-refractivity contribution in [3.05, 3.63) is 23.9 Å². The smallest absolute Gasteiger partial charge is 0.251 e. The van der Waals surface area contributed by atoms with E-state index in [1.165, 1.54) is 19.3 Å². The maximum absolute atomic E-state index is 12.1. The molecule has 1 N–H and O–H groups in total. The van der Waals surface area contributed by atoms with Gasteiger partial charge in [0.05, 0.1) is 0 Å². The number of pyridine rings is 1. The molecule has 1 heterocycles. The lowest BCUT2D eigenvalue weighted by Crippen LogP contribution is -2.36. The van der Waals surface area contributed by atoms with E-state index in [4.69, 9.17) is 0 Å². The first-order chi connectivity index (χ1) is 8.66. The van der Waals surface area contributed by atoms with Gasteiger partial charge in [0.25, 0.3) is 5.91 Å². The lowest BCUT2D eigenvalue weighted by atomic mass is 9.95. The molecule has 98 valence electrons. The molecule has 1 aromatic rings. The molecule has 0 aliphatic heterocycles. The summed E-state index contributed by atoms with van der Waals surface area (Å²) in [6.45, 7) is 0. The quantitative estimate of drug-likeness (QED) is 0.890. The third-order valence-corrected chi connectivity index (χ3v) is 3.41. The summed E-state index contributed by atoms with van der Waals surface area (Å²) in [5.41, 5.74) is 0.694. The number of amides is 1. The van der Waals surface area contributed by atoms with Gasteiger partial charge in [0.1, 0.15) is 5.82 Å². The molecule has 1 aromatic heterocycles. The Kier molecular flexibility index (Phi) is 4.18.